The van der Waals surface area contributed by atoms with Gasteiger partial charge in [0.2, 0.25) is 5.91 Å². The molecule has 1 saturated heterocycles. The zero-order chi connectivity index (χ0) is 8.97. The van der Waals surface area contributed by atoms with Gasteiger partial charge >= 0.3 is 0 Å². The lowest BCUT2D eigenvalue weighted by Crippen LogP contribution is -2.25. The van der Waals surface area contributed by atoms with Crippen molar-refractivity contribution >= 4 is 5.91 Å². The minimum absolute atomic E-state index is 0.213. The van der Waals surface area contributed by atoms with E-state index in [0.29, 0.717) is 6.42 Å². The molecule has 0 radical (unpaired) electrons. The van der Waals surface area contributed by atoms with E-state index in [1.54, 1.807) is 4.90 Å². The molecule has 0 aromatic heterocycles. The Bertz CT molecular complexity index is 208. The monoisotopic (exact) mass is 167 g/mol. The van der Waals surface area contributed by atoms with Crippen LogP contribution in [0.5, 0.6) is 0 Å². The summed E-state index contributed by atoms with van der Waals surface area (Å²) in [5, 5.41) is 0. The van der Waals surface area contributed by atoms with E-state index in [-0.39, 0.29) is 11.9 Å². The first-order valence-corrected chi connectivity index (χ1v) is 4.40. The number of carbonyl (C=O) groups excluding carboxylic acids is 1. The highest BCUT2D eigenvalue weighted by molar-refractivity contribution is 5.80. The number of amides is 1. The van der Waals surface area contributed by atoms with Crippen LogP contribution in [-0.4, -0.2) is 16.8 Å². The number of rotatable bonds is 3. The van der Waals surface area contributed by atoms with Crippen LogP contribution in [-0.2, 0) is 4.79 Å². The molecule has 0 aromatic rings. The summed E-state index contributed by atoms with van der Waals surface area (Å²) in [5.74, 6) is 0.213. The van der Waals surface area contributed by atoms with Gasteiger partial charge in [0, 0.05) is 12.6 Å². The van der Waals surface area contributed by atoms with Crippen LogP contribution >= 0.6 is 0 Å². The number of likely N-dealkylation sites (tertiary alicyclic amines) is 1. The highest BCUT2D eigenvalue weighted by Gasteiger charge is 2.26. The van der Waals surface area contributed by atoms with Crippen molar-refractivity contribution in [3.63, 3.8) is 0 Å². The number of hydrogen-bond donors (Lipinski definition) is 0. The van der Waals surface area contributed by atoms with Gasteiger partial charge in [0.25, 0.3) is 0 Å². The molecule has 1 amide bonds. The van der Waals surface area contributed by atoms with E-state index in [1.165, 1.54) is 0 Å². The Morgan fingerprint density at radius 2 is 2.50 bits per heavy atom. The summed E-state index contributed by atoms with van der Waals surface area (Å²) in [6.45, 7) is 5.76. The summed E-state index contributed by atoms with van der Waals surface area (Å²) in [6, 6.07) is 0.222. The molecule has 0 aromatic carbocycles. The molecule has 1 heterocycles. The minimum atomic E-state index is 0.213. The zero-order valence-corrected chi connectivity index (χ0v) is 7.49. The lowest BCUT2D eigenvalue weighted by atomic mass is 10.2. The van der Waals surface area contributed by atoms with E-state index in [0.717, 1.165) is 12.8 Å². The van der Waals surface area contributed by atoms with E-state index >= 15 is 0 Å². The third-order valence-corrected chi connectivity index (χ3v) is 2.07. The molecule has 1 aliphatic heterocycles. The molecule has 0 bridgehead atoms. The SMILES string of the molecule is CC/C=C/N1C(=O)CCC1C=[14CH2]. The van der Waals surface area contributed by atoms with E-state index in [1.807, 2.05) is 18.4 Å². The molecule has 0 aliphatic carbocycles. The lowest BCUT2D eigenvalue weighted by Gasteiger charge is -2.16. The molecule has 1 fully saturated rings. The maximum absolute atomic E-state index is 11.3. The van der Waals surface area contributed by atoms with Crippen LogP contribution in [0.4, 0.5) is 0 Å². The van der Waals surface area contributed by atoms with Crippen LogP contribution in [0.1, 0.15) is 26.2 Å². The summed E-state index contributed by atoms with van der Waals surface area (Å²) in [5.41, 5.74) is 0. The van der Waals surface area contributed by atoms with E-state index < -0.39 is 0 Å². The van der Waals surface area contributed by atoms with Gasteiger partial charge in [0.1, 0.15) is 0 Å². The first-order chi connectivity index (χ1) is 5.79. The largest absolute Gasteiger partial charge is 0.313 e. The Hall–Kier alpha value is -1.05. The van der Waals surface area contributed by atoms with Crippen molar-refractivity contribution in [3.8, 4) is 0 Å². The molecule has 0 spiro atoms. The highest BCUT2D eigenvalue weighted by atomic mass is 16.2. The van der Waals surface area contributed by atoms with Gasteiger partial charge in [0.05, 0.1) is 6.04 Å². The van der Waals surface area contributed by atoms with Crippen molar-refractivity contribution < 1.29 is 4.79 Å². The molecule has 1 rings (SSSR count). The molecule has 0 N–H and O–H groups in total. The Balaban J connectivity index is 2.63. The topological polar surface area (TPSA) is 20.3 Å². The smallest absolute Gasteiger partial charge is 0.227 e. The molecular weight excluding hydrogens is 152 g/mol. The van der Waals surface area contributed by atoms with Crippen LogP contribution in [0, 0.1) is 0 Å². The van der Waals surface area contributed by atoms with Gasteiger partial charge in [0.15, 0.2) is 0 Å². The molecule has 1 atom stereocenters. The Morgan fingerprint density at radius 3 is 3.08 bits per heavy atom. The summed E-state index contributed by atoms with van der Waals surface area (Å²) in [4.78, 5) is 13.1. The van der Waals surface area contributed by atoms with E-state index in [4.69, 9.17) is 0 Å². The van der Waals surface area contributed by atoms with Crippen molar-refractivity contribution in [1.29, 1.82) is 0 Å². The molecule has 2 nitrogen and oxygen atoms in total. The second kappa shape index (κ2) is 4.10. The van der Waals surface area contributed by atoms with Crippen LogP contribution in [0.2, 0.25) is 0 Å². The van der Waals surface area contributed by atoms with Gasteiger partial charge in [-0.15, -0.1) is 6.58 Å². The standard InChI is InChI=1S/C10H15NO/c1-3-5-8-11-9(4-2)6-7-10(11)12/h4-5,8-9H,2-3,6-7H2,1H3/b8-5+/i2+2. The van der Waals surface area contributed by atoms with Gasteiger partial charge in [-0.1, -0.05) is 19.1 Å². The molecule has 1 unspecified atom stereocenters. The lowest BCUT2D eigenvalue weighted by molar-refractivity contribution is -0.126. The van der Waals surface area contributed by atoms with Gasteiger partial charge < -0.3 is 4.90 Å². The van der Waals surface area contributed by atoms with Crippen LogP contribution in [0.15, 0.2) is 24.9 Å². The summed E-state index contributed by atoms with van der Waals surface area (Å²) >= 11 is 0. The first-order valence-electron chi connectivity index (χ1n) is 4.40. The van der Waals surface area contributed by atoms with Crippen molar-refractivity contribution in [1.82, 2.24) is 4.90 Å². The third kappa shape index (κ3) is 1.76. The highest BCUT2D eigenvalue weighted by Crippen LogP contribution is 2.19. The molecule has 12 heavy (non-hydrogen) atoms. The van der Waals surface area contributed by atoms with E-state index in [2.05, 4.69) is 13.5 Å². The quantitative estimate of drug-likeness (QED) is 0.589. The van der Waals surface area contributed by atoms with Gasteiger partial charge in [-0.2, -0.15) is 0 Å². The van der Waals surface area contributed by atoms with Gasteiger partial charge in [-0.3, -0.25) is 4.79 Å². The van der Waals surface area contributed by atoms with Crippen LogP contribution < -0.4 is 0 Å². The predicted octanol–water partition coefficient (Wildman–Crippen LogP) is 2.09. The third-order valence-electron chi connectivity index (χ3n) is 2.07. The van der Waals surface area contributed by atoms with Crippen molar-refractivity contribution in [2.45, 2.75) is 32.2 Å². The fourth-order valence-corrected chi connectivity index (χ4v) is 1.37. The fourth-order valence-electron chi connectivity index (χ4n) is 1.37. The summed E-state index contributed by atoms with van der Waals surface area (Å²) in [6.07, 6.45) is 8.25. The van der Waals surface area contributed by atoms with Crippen LogP contribution in [0.25, 0.3) is 0 Å². The average Bonchev–Trinajstić information content (AvgIpc) is 2.43. The second-order valence-electron chi connectivity index (χ2n) is 2.94. The molecular formula is C10H15NO. The van der Waals surface area contributed by atoms with Crippen molar-refractivity contribution in [3.05, 3.63) is 24.9 Å². The fraction of sp³-hybridized carbons (Fsp3) is 0.500. The molecule has 2 heteroatoms. The number of carbonyl (C=O) groups is 1. The zero-order valence-electron chi connectivity index (χ0n) is 7.49. The van der Waals surface area contributed by atoms with Crippen LogP contribution in [0.3, 0.4) is 0 Å². The Labute approximate surface area is 73.6 Å². The number of allylic oxidation sites excluding steroid dienone is 1. The summed E-state index contributed by atoms with van der Waals surface area (Å²) < 4.78 is 0. The summed E-state index contributed by atoms with van der Waals surface area (Å²) in [7, 11) is 0. The molecule has 1 aliphatic rings. The normalized spacial score (nSPS) is 23.9. The number of nitrogens with zero attached hydrogens (tertiary/aromatic N) is 1. The van der Waals surface area contributed by atoms with Gasteiger partial charge in [-0.05, 0) is 12.8 Å². The van der Waals surface area contributed by atoms with Crippen molar-refractivity contribution in [2.24, 2.45) is 0 Å². The number of hydrogen-bond acceptors (Lipinski definition) is 1. The van der Waals surface area contributed by atoms with Crippen molar-refractivity contribution in [2.75, 3.05) is 0 Å². The first kappa shape index (κ1) is 9.04. The Kier molecular flexibility index (Phi) is 3.09. The average molecular weight is 167 g/mol. The van der Waals surface area contributed by atoms with Gasteiger partial charge in [-0.25, -0.2) is 0 Å². The second-order valence-corrected chi connectivity index (χ2v) is 2.94. The molecule has 66 valence electrons. The maximum atomic E-state index is 11.3. The molecule has 0 saturated carbocycles. The maximum Gasteiger partial charge on any atom is 0.227 e. The Morgan fingerprint density at radius 1 is 1.75 bits per heavy atom. The van der Waals surface area contributed by atoms with E-state index in [9.17, 15) is 4.79 Å². The minimum Gasteiger partial charge on any atom is -0.313 e. The predicted molar refractivity (Wildman–Crippen MR) is 49.5 cm³/mol.